The molecule has 0 bridgehead atoms. The molecule has 1 atom stereocenters. The number of hydrogen-bond donors (Lipinski definition) is 0. The van der Waals surface area contributed by atoms with Crippen LogP contribution in [-0.2, 0) is 0 Å². The largest absolute Gasteiger partial charge is 0.0896 e. The number of rotatable bonds is 1. The van der Waals surface area contributed by atoms with Gasteiger partial charge in [-0.2, -0.15) is 0 Å². The van der Waals surface area contributed by atoms with Gasteiger partial charge in [0, 0.05) is 5.25 Å². The Bertz CT molecular complexity index is 79.1. The van der Waals surface area contributed by atoms with E-state index in [4.69, 9.17) is 12.6 Å². The minimum Gasteiger partial charge on any atom is -0.0896 e. The minimum absolute atomic E-state index is 0.295. The Labute approximate surface area is 64.4 Å². The van der Waals surface area contributed by atoms with E-state index in [0.717, 1.165) is 0 Å². The highest BCUT2D eigenvalue weighted by molar-refractivity contribution is 7.81. The monoisotopic (exact) mass is 145 g/mol. The highest BCUT2D eigenvalue weighted by Gasteiger charge is 2.23. The fraction of sp³-hybridized carbons (Fsp3) is 1.00. The van der Waals surface area contributed by atoms with Crippen molar-refractivity contribution in [2.24, 2.45) is 11.3 Å². The molecule has 0 spiro atoms. The van der Waals surface area contributed by atoms with Crippen LogP contribution >= 0.6 is 12.6 Å². The lowest BCUT2D eigenvalue weighted by Crippen LogP contribution is -2.25. The van der Waals surface area contributed by atoms with E-state index in [9.17, 15) is 0 Å². The molecule has 0 N–H and O–H groups in total. The van der Waals surface area contributed by atoms with Gasteiger partial charge in [-0.3, -0.25) is 0 Å². The molecule has 0 aromatic carbocycles. The van der Waals surface area contributed by atoms with Crippen LogP contribution in [0.2, 0.25) is 0 Å². The predicted octanol–water partition coefficient (Wildman–Crippen LogP) is 3.25. The lowest BCUT2D eigenvalue weighted by molar-refractivity contribution is 0.338. The third-order valence-electron chi connectivity index (χ3n) is 1.46. The molecule has 0 aromatic heterocycles. The maximum atomic E-state index is 5.30. The highest BCUT2D eigenvalue weighted by atomic mass is 32.1. The lowest BCUT2D eigenvalue weighted by atomic mass is 9.85. The van der Waals surface area contributed by atoms with Gasteiger partial charge in [0.1, 0.15) is 0 Å². The fourth-order valence-electron chi connectivity index (χ4n) is 1.00. The average molecular weight is 145 g/mol. The summed E-state index contributed by atoms with van der Waals surface area (Å²) in [6.45, 7) is 11.0. The van der Waals surface area contributed by atoms with Crippen LogP contribution in [0.1, 0.15) is 34.6 Å². The molecule has 0 fully saturated rings. The van der Waals surface area contributed by atoms with E-state index in [2.05, 4.69) is 34.6 Å². The van der Waals surface area contributed by atoms with Gasteiger partial charge in [0.15, 0.2) is 0 Å². The van der Waals surface area contributed by atoms with Gasteiger partial charge >= 0.3 is 0 Å². The molecule has 0 nitrogen and oxygen atoms in total. The Balaban J connectivity index is 3.88. The van der Waals surface area contributed by atoms with Gasteiger partial charge in [0.25, 0.3) is 0 Å². The zero-order valence-corrected chi connectivity index (χ0v) is 7.88. The van der Waals surface area contributed by atoms with Crippen molar-refractivity contribution >= 4 is 12.6 Å². The zero-order valence-electron chi connectivity index (χ0n) is 7.06. The Kier molecular flexibility index (Phi) is 3.07. The van der Waals surface area contributed by atoms with Crippen molar-refractivity contribution in [3.05, 3.63) is 0 Å². The average Bonchev–Trinajstić information content (AvgIpc) is 1.62. The molecule has 9 heavy (non-hydrogen) atoms. The van der Waals surface area contributed by atoms with Crippen molar-refractivity contribution in [2.45, 2.75) is 39.9 Å². The Morgan fingerprint density at radius 2 is 1.44 bits per heavy atom. The summed E-state index contributed by atoms with van der Waals surface area (Å²) in [4.78, 5) is 0. The number of hydrogen-bond acceptors (Lipinski definition) is 0. The summed E-state index contributed by atoms with van der Waals surface area (Å²) in [5.41, 5.74) is 0.295. The molecular formula is C8H17S. The molecule has 0 aliphatic rings. The Morgan fingerprint density at radius 1 is 1.11 bits per heavy atom. The zero-order chi connectivity index (χ0) is 7.65. The van der Waals surface area contributed by atoms with E-state index in [0.29, 0.717) is 16.6 Å². The van der Waals surface area contributed by atoms with E-state index in [-0.39, 0.29) is 0 Å². The van der Waals surface area contributed by atoms with Crippen molar-refractivity contribution < 1.29 is 0 Å². The summed E-state index contributed by atoms with van der Waals surface area (Å²) >= 11 is 5.30. The predicted molar refractivity (Wildman–Crippen MR) is 45.7 cm³/mol. The second kappa shape index (κ2) is 2.96. The van der Waals surface area contributed by atoms with Crippen molar-refractivity contribution in [1.29, 1.82) is 0 Å². The molecule has 0 aliphatic heterocycles. The molecule has 0 rings (SSSR count). The second-order valence-electron chi connectivity index (χ2n) is 4.03. The molecule has 0 aliphatic carbocycles. The SMILES string of the molecule is CC(C)C([S])C(C)(C)C. The van der Waals surface area contributed by atoms with Crippen LogP contribution in [0.4, 0.5) is 0 Å². The molecule has 55 valence electrons. The molecule has 0 heterocycles. The van der Waals surface area contributed by atoms with E-state index >= 15 is 0 Å². The van der Waals surface area contributed by atoms with Crippen molar-refractivity contribution in [2.75, 3.05) is 0 Å². The maximum absolute atomic E-state index is 5.30. The van der Waals surface area contributed by atoms with Crippen molar-refractivity contribution in [3.63, 3.8) is 0 Å². The summed E-state index contributed by atoms with van der Waals surface area (Å²) in [6, 6.07) is 0. The first-order valence-corrected chi connectivity index (χ1v) is 3.98. The van der Waals surface area contributed by atoms with Gasteiger partial charge in [-0.15, -0.1) is 0 Å². The van der Waals surface area contributed by atoms with Crippen molar-refractivity contribution in [3.8, 4) is 0 Å². The van der Waals surface area contributed by atoms with Crippen LogP contribution in [0.15, 0.2) is 0 Å². The molecule has 1 heteroatoms. The van der Waals surface area contributed by atoms with E-state index in [1.54, 1.807) is 0 Å². The Hall–Kier alpha value is 0.350. The molecule has 0 saturated carbocycles. The normalized spacial score (nSPS) is 16.3. The molecule has 1 unspecified atom stereocenters. The first kappa shape index (κ1) is 9.35. The highest BCUT2D eigenvalue weighted by Crippen LogP contribution is 2.29. The van der Waals surface area contributed by atoms with Crippen molar-refractivity contribution in [1.82, 2.24) is 0 Å². The van der Waals surface area contributed by atoms with Crippen LogP contribution in [0.25, 0.3) is 0 Å². The van der Waals surface area contributed by atoms with Crippen LogP contribution in [0.3, 0.4) is 0 Å². The summed E-state index contributed by atoms with van der Waals surface area (Å²) in [5, 5.41) is 0.400. The van der Waals surface area contributed by atoms with Crippen LogP contribution in [-0.4, -0.2) is 5.25 Å². The fourth-order valence-corrected chi connectivity index (χ4v) is 1.00. The van der Waals surface area contributed by atoms with Crippen LogP contribution < -0.4 is 0 Å². The molecule has 0 aromatic rings. The summed E-state index contributed by atoms with van der Waals surface area (Å²) in [5.74, 6) is 0.625. The second-order valence-corrected chi connectivity index (χ2v) is 4.54. The van der Waals surface area contributed by atoms with Gasteiger partial charge in [-0.25, -0.2) is 0 Å². The van der Waals surface area contributed by atoms with Crippen LogP contribution in [0.5, 0.6) is 0 Å². The maximum Gasteiger partial charge on any atom is 0.0223 e. The van der Waals surface area contributed by atoms with Gasteiger partial charge in [0.2, 0.25) is 0 Å². The molecular weight excluding hydrogens is 128 g/mol. The van der Waals surface area contributed by atoms with Gasteiger partial charge < -0.3 is 0 Å². The third-order valence-corrected chi connectivity index (χ3v) is 2.71. The summed E-state index contributed by atoms with van der Waals surface area (Å²) in [6.07, 6.45) is 0. The van der Waals surface area contributed by atoms with E-state index in [1.807, 2.05) is 0 Å². The minimum atomic E-state index is 0.295. The first-order chi connectivity index (χ1) is 3.85. The summed E-state index contributed by atoms with van der Waals surface area (Å²) < 4.78 is 0. The van der Waals surface area contributed by atoms with Gasteiger partial charge in [-0.1, -0.05) is 47.2 Å². The quantitative estimate of drug-likeness (QED) is 0.531. The van der Waals surface area contributed by atoms with E-state index < -0.39 is 0 Å². The smallest absolute Gasteiger partial charge is 0.0223 e. The standard InChI is InChI=1S/C8H17S/c1-6(2)7(9)8(3,4)5/h6-7H,1-5H3. The van der Waals surface area contributed by atoms with Gasteiger partial charge in [0.05, 0.1) is 0 Å². The Morgan fingerprint density at radius 3 is 1.44 bits per heavy atom. The van der Waals surface area contributed by atoms with Gasteiger partial charge in [-0.05, 0) is 11.3 Å². The lowest BCUT2D eigenvalue weighted by Gasteiger charge is -2.28. The summed E-state index contributed by atoms with van der Waals surface area (Å²) in [7, 11) is 0. The first-order valence-electron chi connectivity index (χ1n) is 3.51. The molecule has 0 saturated heterocycles. The topological polar surface area (TPSA) is 0 Å². The van der Waals surface area contributed by atoms with E-state index in [1.165, 1.54) is 0 Å². The third kappa shape index (κ3) is 3.14. The molecule has 1 radical (unpaired) electrons. The molecule has 0 amide bonds. The van der Waals surface area contributed by atoms with Crippen LogP contribution in [0, 0.1) is 11.3 Å².